The molecular weight excluding hydrogens is 362 g/mol. The number of carbonyl (C=O) groups is 1. The Morgan fingerprint density at radius 2 is 1.78 bits per heavy atom. The van der Waals surface area contributed by atoms with Gasteiger partial charge in [-0.3, -0.25) is 4.79 Å². The average Bonchev–Trinajstić information content (AvgIpc) is 3.28. The normalized spacial score (nSPS) is 13.9. The Kier molecular flexibility index (Phi) is 4.81. The number of carbonyl (C=O) groups excluding carboxylic acids is 1. The zero-order chi connectivity index (χ0) is 16.6. The fraction of sp³-hybridized carbons (Fsp3) is 0.235. The number of hydrogen-bond acceptors (Lipinski definition) is 2. The maximum atomic E-state index is 14.0. The molecule has 0 unspecified atom stereocenters. The van der Waals surface area contributed by atoms with E-state index in [-0.39, 0.29) is 12.2 Å². The van der Waals surface area contributed by atoms with Crippen LogP contribution in [0.4, 0.5) is 4.39 Å². The molecule has 0 atom stereocenters. The van der Waals surface area contributed by atoms with Gasteiger partial charge in [-0.25, -0.2) is 4.39 Å². The van der Waals surface area contributed by atoms with Crippen molar-refractivity contribution in [3.8, 4) is 5.75 Å². The summed E-state index contributed by atoms with van der Waals surface area (Å²) in [6.07, 6.45) is 2.02. The highest BCUT2D eigenvalue weighted by atomic mass is 35.5. The maximum absolute atomic E-state index is 14.0. The first-order valence-electron chi connectivity index (χ1n) is 7.05. The Balaban J connectivity index is 1.87. The third kappa shape index (κ3) is 3.97. The molecule has 0 N–H and O–H groups in total. The van der Waals surface area contributed by atoms with Crippen LogP contribution < -0.4 is 4.74 Å². The van der Waals surface area contributed by atoms with Crippen LogP contribution >= 0.6 is 34.8 Å². The Morgan fingerprint density at radius 3 is 2.35 bits per heavy atom. The van der Waals surface area contributed by atoms with Crippen molar-refractivity contribution in [1.29, 1.82) is 0 Å². The molecule has 0 saturated heterocycles. The van der Waals surface area contributed by atoms with Gasteiger partial charge in [0, 0.05) is 10.0 Å². The molecule has 0 bridgehead atoms. The third-order valence-corrected chi connectivity index (χ3v) is 4.33. The molecule has 0 spiro atoms. The molecule has 0 aromatic heterocycles. The Morgan fingerprint density at radius 1 is 1.13 bits per heavy atom. The number of hydrogen-bond donors (Lipinski definition) is 0. The molecule has 23 heavy (non-hydrogen) atoms. The van der Waals surface area contributed by atoms with Crippen molar-refractivity contribution in [1.82, 2.24) is 0 Å². The molecule has 120 valence electrons. The van der Waals surface area contributed by atoms with Gasteiger partial charge < -0.3 is 4.74 Å². The van der Waals surface area contributed by atoms with Crippen LogP contribution in [0.1, 0.15) is 40.2 Å². The molecule has 3 rings (SSSR count). The van der Waals surface area contributed by atoms with E-state index >= 15 is 0 Å². The Bertz CT molecular complexity index is 752. The minimum Gasteiger partial charge on any atom is -0.489 e. The first-order chi connectivity index (χ1) is 10.9. The van der Waals surface area contributed by atoms with Crippen LogP contribution in [0.15, 0.2) is 30.3 Å². The lowest BCUT2D eigenvalue weighted by molar-refractivity contribution is 0.107. The minimum atomic E-state index is -0.793. The maximum Gasteiger partial charge on any atom is 0.255 e. The average molecular weight is 374 g/mol. The van der Waals surface area contributed by atoms with Gasteiger partial charge in [-0.1, -0.05) is 23.2 Å². The van der Waals surface area contributed by atoms with Crippen molar-refractivity contribution in [3.63, 3.8) is 0 Å². The molecule has 0 aliphatic heterocycles. The second-order valence-electron chi connectivity index (χ2n) is 5.47. The summed E-state index contributed by atoms with van der Waals surface area (Å²) in [5.74, 6) is 0.186. The second kappa shape index (κ2) is 6.68. The fourth-order valence-electron chi connectivity index (χ4n) is 2.45. The van der Waals surface area contributed by atoms with Crippen molar-refractivity contribution < 1.29 is 13.9 Å². The molecule has 0 radical (unpaired) electrons. The lowest BCUT2D eigenvalue weighted by Crippen LogP contribution is -2.04. The van der Waals surface area contributed by atoms with Crippen molar-refractivity contribution in [3.05, 3.63) is 62.9 Å². The van der Waals surface area contributed by atoms with Gasteiger partial charge in [-0.15, -0.1) is 0 Å². The largest absolute Gasteiger partial charge is 0.489 e. The number of rotatable bonds is 5. The van der Waals surface area contributed by atoms with Crippen molar-refractivity contribution in [2.24, 2.45) is 0 Å². The van der Waals surface area contributed by atoms with Crippen LogP contribution in [0.3, 0.4) is 0 Å². The van der Waals surface area contributed by atoms with Crippen LogP contribution in [0.2, 0.25) is 10.0 Å². The highest BCUT2D eigenvalue weighted by Crippen LogP contribution is 2.43. The van der Waals surface area contributed by atoms with Crippen LogP contribution in [0.25, 0.3) is 0 Å². The Labute approximate surface area is 148 Å². The van der Waals surface area contributed by atoms with Crippen LogP contribution in [-0.4, -0.2) is 5.24 Å². The zero-order valence-electron chi connectivity index (χ0n) is 11.9. The van der Waals surface area contributed by atoms with E-state index in [1.165, 1.54) is 12.1 Å². The molecule has 0 heterocycles. The standard InChI is InChI=1S/C17H12Cl3FO2/c18-11-4-12(19)6-13(5-11)23-8-10-3-16(21)15(17(20)22)7-14(10)9-1-2-9/h3-7,9H,1-2,8H2. The molecule has 0 amide bonds. The molecule has 1 fully saturated rings. The smallest absolute Gasteiger partial charge is 0.255 e. The van der Waals surface area contributed by atoms with Crippen molar-refractivity contribution >= 4 is 40.0 Å². The predicted molar refractivity (Wildman–Crippen MR) is 89.4 cm³/mol. The zero-order valence-corrected chi connectivity index (χ0v) is 14.2. The van der Waals surface area contributed by atoms with E-state index in [4.69, 9.17) is 39.5 Å². The van der Waals surface area contributed by atoms with Gasteiger partial charge in [0.2, 0.25) is 0 Å². The number of benzene rings is 2. The van der Waals surface area contributed by atoms with E-state index in [1.54, 1.807) is 18.2 Å². The highest BCUT2D eigenvalue weighted by Gasteiger charge is 2.28. The van der Waals surface area contributed by atoms with Crippen molar-refractivity contribution in [2.45, 2.75) is 25.4 Å². The first kappa shape index (κ1) is 16.6. The fourth-order valence-corrected chi connectivity index (χ4v) is 3.10. The second-order valence-corrected chi connectivity index (χ2v) is 6.69. The van der Waals surface area contributed by atoms with Gasteiger partial charge in [0.25, 0.3) is 5.24 Å². The van der Waals surface area contributed by atoms with Gasteiger partial charge in [-0.2, -0.15) is 0 Å². The predicted octanol–water partition coefficient (Wildman–Crippen LogP) is 5.97. The minimum absolute atomic E-state index is 0.0943. The molecule has 2 aromatic carbocycles. The van der Waals surface area contributed by atoms with E-state index in [0.29, 0.717) is 27.3 Å². The third-order valence-electron chi connectivity index (χ3n) is 3.69. The molecule has 2 nitrogen and oxygen atoms in total. The van der Waals surface area contributed by atoms with E-state index < -0.39 is 11.1 Å². The monoisotopic (exact) mass is 372 g/mol. The van der Waals surface area contributed by atoms with Crippen LogP contribution in [0.5, 0.6) is 5.75 Å². The molecule has 1 aliphatic carbocycles. The summed E-state index contributed by atoms with van der Waals surface area (Å²) in [6.45, 7) is 0.163. The topological polar surface area (TPSA) is 26.3 Å². The van der Waals surface area contributed by atoms with Gasteiger partial charge in [-0.05, 0) is 71.8 Å². The van der Waals surface area contributed by atoms with Gasteiger partial charge in [0.15, 0.2) is 0 Å². The first-order valence-corrected chi connectivity index (χ1v) is 8.18. The summed E-state index contributed by atoms with van der Waals surface area (Å²) in [5, 5.41) is 0.131. The van der Waals surface area contributed by atoms with E-state index in [9.17, 15) is 9.18 Å². The number of halogens is 4. The summed E-state index contributed by atoms with van der Waals surface area (Å²) in [4.78, 5) is 11.3. The van der Waals surface area contributed by atoms with E-state index in [0.717, 1.165) is 18.4 Å². The summed E-state index contributed by atoms with van der Waals surface area (Å²) in [7, 11) is 0. The lowest BCUT2D eigenvalue weighted by atomic mass is 10.0. The van der Waals surface area contributed by atoms with E-state index in [2.05, 4.69) is 0 Å². The molecular formula is C17H12Cl3FO2. The van der Waals surface area contributed by atoms with Gasteiger partial charge in [0.1, 0.15) is 18.2 Å². The SMILES string of the molecule is O=C(Cl)c1cc(C2CC2)c(COc2cc(Cl)cc(Cl)c2)cc1F. The summed E-state index contributed by atoms with van der Waals surface area (Å²) in [6, 6.07) is 7.72. The van der Waals surface area contributed by atoms with Crippen molar-refractivity contribution in [2.75, 3.05) is 0 Å². The van der Waals surface area contributed by atoms with Crippen LogP contribution in [-0.2, 0) is 6.61 Å². The van der Waals surface area contributed by atoms with E-state index in [1.807, 2.05) is 0 Å². The summed E-state index contributed by atoms with van der Waals surface area (Å²) < 4.78 is 19.7. The highest BCUT2D eigenvalue weighted by molar-refractivity contribution is 6.67. The van der Waals surface area contributed by atoms with Gasteiger partial charge in [0.05, 0.1) is 5.56 Å². The molecule has 1 aliphatic rings. The lowest BCUT2D eigenvalue weighted by Gasteiger charge is -2.13. The van der Waals surface area contributed by atoms with Gasteiger partial charge >= 0.3 is 0 Å². The summed E-state index contributed by atoms with van der Waals surface area (Å²) >= 11 is 17.3. The molecule has 2 aromatic rings. The van der Waals surface area contributed by atoms with Crippen LogP contribution in [0, 0.1) is 5.82 Å². The number of ether oxygens (including phenoxy) is 1. The quantitative estimate of drug-likeness (QED) is 0.604. The summed E-state index contributed by atoms with van der Waals surface area (Å²) in [5.41, 5.74) is 1.51. The molecule has 1 saturated carbocycles. The molecule has 6 heteroatoms. The Hall–Kier alpha value is -1.29.